The van der Waals surface area contributed by atoms with Crippen LogP contribution in [0.25, 0.3) is 21.5 Å². The number of aryl methyl sites for hydroxylation is 2. The molecule has 0 spiro atoms. The van der Waals surface area contributed by atoms with Crippen molar-refractivity contribution < 1.29 is 67.0 Å². The molecule has 24 nitrogen and oxygen atoms in total. The number of esters is 2. The lowest BCUT2D eigenvalue weighted by atomic mass is 9.99. The van der Waals surface area contributed by atoms with Gasteiger partial charge in [0.15, 0.2) is 0 Å². The van der Waals surface area contributed by atoms with Crippen LogP contribution in [0.1, 0.15) is 98.1 Å². The number of cyclic esters (lactones) is 2. The second kappa shape index (κ2) is 29.6. The summed E-state index contributed by atoms with van der Waals surface area (Å²) in [5.74, 6) is -10.2. The van der Waals surface area contributed by atoms with Gasteiger partial charge in [-0.1, -0.05) is 88.4 Å². The van der Waals surface area contributed by atoms with Crippen LogP contribution in [0.3, 0.4) is 0 Å². The molecule has 0 aliphatic carbocycles. The zero-order valence-corrected chi connectivity index (χ0v) is 51.8. The molecule has 7 rings (SSSR count). The highest BCUT2D eigenvalue weighted by molar-refractivity contribution is 6.04. The second-order valence-electron chi connectivity index (χ2n) is 23.7. The van der Waals surface area contributed by atoms with Gasteiger partial charge in [-0.3, -0.25) is 47.9 Å². The third-order valence-electron chi connectivity index (χ3n) is 16.6. The Morgan fingerprint density at radius 2 is 0.841 bits per heavy atom. The molecule has 4 N–H and O–H groups in total. The summed E-state index contributed by atoms with van der Waals surface area (Å²) in [4.78, 5) is 177. The molecular weight excluding hydrogens is 1130 g/mol. The molecule has 88 heavy (non-hydrogen) atoms. The average molecular weight is 1220 g/mol. The van der Waals surface area contributed by atoms with E-state index in [0.717, 1.165) is 41.1 Å². The number of likely N-dealkylation sites (N-methyl/N-ethyl adjacent to an activating group) is 4. The summed E-state index contributed by atoms with van der Waals surface area (Å²) in [5, 5.41) is 13.9. The van der Waals surface area contributed by atoms with E-state index in [0.29, 0.717) is 36.8 Å². The number of benzene rings is 4. The summed E-state index contributed by atoms with van der Waals surface area (Å²) in [6.07, 6.45) is 2.29. The maximum atomic E-state index is 14.8. The minimum atomic E-state index is -1.56. The van der Waals surface area contributed by atoms with Crippen LogP contribution in [-0.4, -0.2) is 217 Å². The molecular formula is C64H82N10O14. The van der Waals surface area contributed by atoms with Crippen molar-refractivity contribution >= 4 is 92.6 Å². The van der Waals surface area contributed by atoms with Gasteiger partial charge < -0.3 is 60.1 Å². The molecule has 3 fully saturated rings. The predicted octanol–water partition coefficient (Wildman–Crippen LogP) is 2.48. The van der Waals surface area contributed by atoms with E-state index in [2.05, 4.69) is 21.3 Å². The second-order valence-corrected chi connectivity index (χ2v) is 23.7. The van der Waals surface area contributed by atoms with E-state index in [4.69, 9.17) is 9.47 Å². The number of hydrogen-bond donors (Lipinski definition) is 4. The molecule has 3 heterocycles. The summed E-state index contributed by atoms with van der Waals surface area (Å²) in [6.45, 7) is 6.44. The van der Waals surface area contributed by atoms with Crippen LogP contribution in [0.2, 0.25) is 0 Å². The van der Waals surface area contributed by atoms with Gasteiger partial charge in [-0.15, -0.1) is 0 Å². The highest BCUT2D eigenvalue weighted by Gasteiger charge is 2.42. The lowest BCUT2D eigenvalue weighted by molar-refractivity contribution is -0.159. The van der Waals surface area contributed by atoms with Crippen LogP contribution in [0, 0.1) is 25.7 Å². The quantitative estimate of drug-likeness (QED) is 0.202. The molecule has 10 amide bonds. The summed E-state index contributed by atoms with van der Waals surface area (Å²) in [5.41, 5.74) is 1.64. The van der Waals surface area contributed by atoms with Gasteiger partial charge in [0.05, 0.1) is 26.2 Å². The van der Waals surface area contributed by atoms with Crippen molar-refractivity contribution in [1.29, 1.82) is 0 Å². The Kier molecular flexibility index (Phi) is 22.4. The molecule has 3 aliphatic rings. The molecule has 6 atom stereocenters. The number of piperidine rings is 2. The number of carbonyl (C=O) groups excluding carboxylic acids is 12. The van der Waals surface area contributed by atoms with Gasteiger partial charge >= 0.3 is 11.9 Å². The van der Waals surface area contributed by atoms with Crippen LogP contribution in [0.4, 0.5) is 0 Å². The van der Waals surface area contributed by atoms with Crippen molar-refractivity contribution in [3.8, 4) is 0 Å². The minimum Gasteiger partial charge on any atom is -0.461 e. The van der Waals surface area contributed by atoms with Crippen LogP contribution >= 0.6 is 0 Å². The third kappa shape index (κ3) is 16.0. The Morgan fingerprint density at radius 3 is 1.18 bits per heavy atom. The first kappa shape index (κ1) is 66.6. The average Bonchev–Trinajstić information content (AvgIpc) is 2.09. The molecule has 4 aromatic carbocycles. The van der Waals surface area contributed by atoms with Crippen molar-refractivity contribution in [2.75, 3.05) is 80.7 Å². The van der Waals surface area contributed by atoms with Gasteiger partial charge in [0.25, 0.3) is 11.8 Å². The van der Waals surface area contributed by atoms with Crippen molar-refractivity contribution in [2.24, 2.45) is 11.8 Å². The standard InChI is InChI=1S/C64H82N10O14/c1-37(2)55-63(85)87-35-47(67-57(79)45-29-43-21-13-11-19-41(43)27-39(45)5)61(83)73-25-17-15-23-49(73)59(81)66-32-52(76)70(8)34-54(78)72(10)56(38(3)4)64(86)88-36-48(68-58(80)46-30-44-22-14-12-20-42(44)28-40(46)6)62(84)74-26-18-16-24-50(74)60(82)65-31-51(75)69(7)33-53(77)71(55)9/h11-14,19-22,27-30,37-38,47-50,55-56H,15-18,23-26,31-36H2,1-10H3,(H,65,82)(H,66,81)(H,67,79)(H,68,80)/t47-,48-,49+,50+,55+,56+/m1/s1. The number of hydrogen-bond acceptors (Lipinski definition) is 14. The monoisotopic (exact) mass is 1210 g/mol. The number of carbonyl (C=O) groups is 12. The Morgan fingerprint density at radius 1 is 0.500 bits per heavy atom. The predicted molar refractivity (Wildman–Crippen MR) is 325 cm³/mol. The topological polar surface area (TPSA) is 291 Å². The highest BCUT2D eigenvalue weighted by Crippen LogP contribution is 2.25. The van der Waals surface area contributed by atoms with E-state index in [9.17, 15) is 57.5 Å². The van der Waals surface area contributed by atoms with E-state index < -0.39 is 158 Å². The van der Waals surface area contributed by atoms with E-state index >= 15 is 0 Å². The van der Waals surface area contributed by atoms with Crippen LogP contribution in [0.15, 0.2) is 72.8 Å². The van der Waals surface area contributed by atoms with Gasteiger partial charge in [0.2, 0.25) is 47.3 Å². The molecule has 0 radical (unpaired) electrons. The summed E-state index contributed by atoms with van der Waals surface area (Å²) < 4.78 is 11.7. The van der Waals surface area contributed by atoms with E-state index in [1.54, 1.807) is 53.7 Å². The molecule has 3 aliphatic heterocycles. The van der Waals surface area contributed by atoms with Crippen LogP contribution in [-0.2, 0) is 57.4 Å². The van der Waals surface area contributed by atoms with Gasteiger partial charge in [0, 0.05) is 52.4 Å². The van der Waals surface area contributed by atoms with Crippen molar-refractivity contribution in [3.05, 3.63) is 95.1 Å². The number of amides is 10. The SMILES string of the molecule is Cc1cc2ccccc2cc1C(=O)N[C@@H]1COC(=O)[C@H](C(C)C)N(C)C(=O)CN(C)C(=O)CNC(=O)[C@@H]2CCCCN2C(=O)[C@H](NC(=O)c2cc3ccccc3cc2C)COC(=O)[C@H](C(C)C)N(C)C(=O)CN(C)C(=O)CNC(=O)[C@@H]2CCCCN2C1=O. The Hall–Kier alpha value is -8.96. The summed E-state index contributed by atoms with van der Waals surface area (Å²) >= 11 is 0. The number of fused-ring (bicyclic) bond motifs is 4. The first-order valence-electron chi connectivity index (χ1n) is 29.9. The van der Waals surface area contributed by atoms with E-state index in [1.807, 2.05) is 60.7 Å². The van der Waals surface area contributed by atoms with Gasteiger partial charge in [0.1, 0.15) is 49.5 Å². The molecule has 0 aromatic heterocycles. The van der Waals surface area contributed by atoms with Gasteiger partial charge in [-0.25, -0.2) is 9.59 Å². The summed E-state index contributed by atoms with van der Waals surface area (Å²) in [6, 6.07) is 13.8. The number of nitrogens with one attached hydrogen (secondary N) is 4. The molecule has 4 aromatic rings. The van der Waals surface area contributed by atoms with Gasteiger partial charge in [-0.2, -0.15) is 0 Å². The van der Waals surface area contributed by atoms with Crippen molar-refractivity contribution in [2.45, 2.75) is 116 Å². The molecule has 0 bridgehead atoms. The van der Waals surface area contributed by atoms with E-state index in [1.165, 1.54) is 38.0 Å². The van der Waals surface area contributed by atoms with Gasteiger partial charge in [-0.05, 0) is 109 Å². The normalized spacial score (nSPS) is 23.0. The largest absolute Gasteiger partial charge is 0.461 e. The van der Waals surface area contributed by atoms with Crippen molar-refractivity contribution in [1.82, 2.24) is 50.7 Å². The van der Waals surface area contributed by atoms with Crippen molar-refractivity contribution in [3.63, 3.8) is 0 Å². The zero-order valence-electron chi connectivity index (χ0n) is 51.8. The Balaban J connectivity index is 1.17. The first-order chi connectivity index (χ1) is 41.8. The maximum Gasteiger partial charge on any atom is 0.329 e. The number of rotatable bonds is 6. The fourth-order valence-electron chi connectivity index (χ4n) is 11.6. The number of nitrogens with zero attached hydrogens (tertiary/aromatic N) is 6. The molecule has 0 unspecified atom stereocenters. The minimum absolute atomic E-state index is 0.0534. The Labute approximate surface area is 512 Å². The third-order valence-corrected chi connectivity index (χ3v) is 16.6. The Bertz CT molecular complexity index is 3130. The summed E-state index contributed by atoms with van der Waals surface area (Å²) in [7, 11) is 5.35. The fourth-order valence-corrected chi connectivity index (χ4v) is 11.6. The fraction of sp³-hybridized carbons (Fsp3) is 0.500. The maximum absolute atomic E-state index is 14.8. The molecule has 0 saturated carbocycles. The van der Waals surface area contributed by atoms with E-state index in [-0.39, 0.29) is 37.1 Å². The number of ether oxygens (including phenoxy) is 2. The molecule has 3 saturated heterocycles. The lowest BCUT2D eigenvalue weighted by Crippen LogP contribution is -2.59. The van der Waals surface area contributed by atoms with Crippen LogP contribution < -0.4 is 21.3 Å². The highest BCUT2D eigenvalue weighted by atomic mass is 16.5. The smallest absolute Gasteiger partial charge is 0.329 e. The molecule has 24 heteroatoms. The molecule has 472 valence electrons. The lowest BCUT2D eigenvalue weighted by Gasteiger charge is -2.37. The zero-order chi connectivity index (χ0) is 64.3. The first-order valence-corrected chi connectivity index (χ1v) is 29.9. The van der Waals surface area contributed by atoms with Crippen LogP contribution in [0.5, 0.6) is 0 Å².